The maximum atomic E-state index is 14.1. The molecular weight excluding hydrogens is 565 g/mol. The summed E-state index contributed by atoms with van der Waals surface area (Å²) in [4.78, 5) is 12.8. The third kappa shape index (κ3) is 6.72. The Balaban J connectivity index is 1.44. The molecule has 0 bridgehead atoms. The van der Waals surface area contributed by atoms with Gasteiger partial charge in [-0.25, -0.2) is 4.68 Å². The van der Waals surface area contributed by atoms with Crippen LogP contribution in [0.4, 0.5) is 5.69 Å². The van der Waals surface area contributed by atoms with Crippen molar-refractivity contribution in [2.75, 3.05) is 18.5 Å². The van der Waals surface area contributed by atoms with Gasteiger partial charge in [-0.3, -0.25) is 9.36 Å². The number of phenols is 1. The van der Waals surface area contributed by atoms with Gasteiger partial charge in [0.2, 0.25) is 0 Å². The number of hydrogen-bond donors (Lipinski definition) is 2. The van der Waals surface area contributed by atoms with Crippen LogP contribution in [0.5, 0.6) is 5.75 Å². The minimum atomic E-state index is -3.76. The van der Waals surface area contributed by atoms with Crippen LogP contribution in [-0.4, -0.2) is 37.9 Å². The molecule has 11 heteroatoms. The summed E-state index contributed by atoms with van der Waals surface area (Å²) in [5, 5.41) is 23.8. The van der Waals surface area contributed by atoms with Crippen LogP contribution >= 0.6 is 7.60 Å². The Kier molecular flexibility index (Phi) is 9.11. The van der Waals surface area contributed by atoms with Gasteiger partial charge in [0.05, 0.1) is 38.0 Å². The number of phenolic OH excluding ortho intramolecular Hbond substituents is 1. The number of nitrogens with one attached hydrogen (secondary N) is 1. The largest absolute Gasteiger partial charge is 0.508 e. The van der Waals surface area contributed by atoms with Crippen molar-refractivity contribution in [3.63, 3.8) is 0 Å². The van der Waals surface area contributed by atoms with E-state index in [4.69, 9.17) is 9.05 Å². The molecule has 0 aliphatic rings. The molecule has 43 heavy (non-hydrogen) atoms. The maximum absolute atomic E-state index is 14.1. The topological polar surface area (TPSA) is 121 Å². The zero-order valence-corrected chi connectivity index (χ0v) is 25.6. The number of para-hydroxylation sites is 1. The number of hydrogen-bond acceptors (Lipinski definition) is 8. The van der Waals surface area contributed by atoms with Gasteiger partial charge in [0, 0.05) is 22.7 Å². The minimum absolute atomic E-state index is 0.0436. The molecule has 2 aromatic heterocycles. The third-order valence-corrected chi connectivity index (χ3v) is 9.43. The fourth-order valence-corrected chi connectivity index (χ4v) is 7.05. The monoisotopic (exact) mass is 601 g/mol. The highest BCUT2D eigenvalue weighted by atomic mass is 31.2. The Morgan fingerprint density at radius 3 is 2.40 bits per heavy atom. The summed E-state index contributed by atoms with van der Waals surface area (Å²) in [6, 6.07) is 22.2. The minimum Gasteiger partial charge on any atom is -0.508 e. The molecule has 0 aliphatic heterocycles. The van der Waals surface area contributed by atoms with Gasteiger partial charge < -0.3 is 24.0 Å². The van der Waals surface area contributed by atoms with E-state index in [1.54, 1.807) is 53.6 Å². The van der Waals surface area contributed by atoms with E-state index in [-0.39, 0.29) is 31.1 Å². The fourth-order valence-electron chi connectivity index (χ4n) is 5.10. The van der Waals surface area contributed by atoms with E-state index in [9.17, 15) is 14.5 Å². The van der Waals surface area contributed by atoms with Crippen molar-refractivity contribution >= 4 is 24.2 Å². The predicted molar refractivity (Wildman–Crippen MR) is 168 cm³/mol. The number of pyridine rings is 1. The number of nitrogens with zero attached hydrogens (tertiary/aromatic N) is 4. The van der Waals surface area contributed by atoms with E-state index in [1.165, 1.54) is 0 Å². The first-order chi connectivity index (χ1) is 20.7. The lowest BCUT2D eigenvalue weighted by atomic mass is 10.1. The second-order valence-corrected chi connectivity index (χ2v) is 12.5. The summed E-state index contributed by atoms with van der Waals surface area (Å²) in [7, 11) is -3.76. The zero-order chi connectivity index (χ0) is 30.6. The summed E-state index contributed by atoms with van der Waals surface area (Å²) in [6.45, 7) is 8.36. The normalized spacial score (nSPS) is 12.5. The average Bonchev–Trinajstić information content (AvgIpc) is 3.43. The number of aromatic nitrogens is 4. The smallest absolute Gasteiger partial charge is 0.357 e. The fraction of sp³-hybridized carbons (Fsp3) is 0.281. The molecule has 1 atom stereocenters. The molecule has 0 saturated carbocycles. The molecule has 0 aliphatic carbocycles. The molecule has 1 unspecified atom stereocenters. The number of aryl methyl sites for hydroxylation is 2. The number of aromatic hydroxyl groups is 1. The van der Waals surface area contributed by atoms with Crippen molar-refractivity contribution in [2.45, 2.75) is 46.6 Å². The molecular formula is C32H36N5O5P. The van der Waals surface area contributed by atoms with Crippen molar-refractivity contribution in [3.05, 3.63) is 117 Å². The zero-order valence-electron chi connectivity index (χ0n) is 24.7. The molecule has 5 aromatic rings. The van der Waals surface area contributed by atoms with Crippen LogP contribution in [0.3, 0.4) is 0 Å². The molecule has 0 radical (unpaired) electrons. The van der Waals surface area contributed by atoms with E-state index in [0.29, 0.717) is 23.5 Å². The molecule has 2 N–H and O–H groups in total. The average molecular weight is 602 g/mol. The number of benzene rings is 3. The van der Waals surface area contributed by atoms with Crippen LogP contribution in [0.1, 0.15) is 47.6 Å². The highest BCUT2D eigenvalue weighted by molar-refractivity contribution is 7.54. The van der Waals surface area contributed by atoms with Gasteiger partial charge in [-0.2, -0.15) is 0 Å². The lowest BCUT2D eigenvalue weighted by Crippen LogP contribution is -2.21. The van der Waals surface area contributed by atoms with Crippen LogP contribution in [0.25, 0.3) is 10.9 Å². The first kappa shape index (κ1) is 30.2. The first-order valence-electron chi connectivity index (χ1n) is 14.2. The van der Waals surface area contributed by atoms with Gasteiger partial charge in [0.15, 0.2) is 5.78 Å². The molecule has 3 aromatic carbocycles. The van der Waals surface area contributed by atoms with Crippen LogP contribution in [-0.2, 0) is 26.7 Å². The predicted octanol–water partition coefficient (Wildman–Crippen LogP) is 6.39. The van der Waals surface area contributed by atoms with Crippen molar-refractivity contribution in [2.24, 2.45) is 0 Å². The summed E-state index contributed by atoms with van der Waals surface area (Å²) in [5.74, 6) is -1.01. The first-order valence-corrected chi connectivity index (χ1v) is 15.8. The van der Waals surface area contributed by atoms with Crippen molar-refractivity contribution < 1.29 is 18.7 Å². The third-order valence-electron chi connectivity index (χ3n) is 7.15. The number of rotatable bonds is 12. The molecule has 224 valence electrons. The Bertz CT molecular complexity index is 1820. The van der Waals surface area contributed by atoms with Crippen molar-refractivity contribution in [1.29, 1.82) is 0 Å². The van der Waals surface area contributed by atoms with Crippen LogP contribution in [0.15, 0.2) is 83.8 Å². The second-order valence-electron chi connectivity index (χ2n) is 10.4. The number of anilines is 1. The Morgan fingerprint density at radius 2 is 1.67 bits per heavy atom. The van der Waals surface area contributed by atoms with Gasteiger partial charge in [-0.15, -0.1) is 5.10 Å². The molecule has 5 rings (SSSR count). The summed E-state index contributed by atoms with van der Waals surface area (Å²) in [6.07, 6.45) is 1.79. The summed E-state index contributed by atoms with van der Waals surface area (Å²) in [5.41, 5.74) is 5.25. The lowest BCUT2D eigenvalue weighted by molar-refractivity contribution is 0.213. The van der Waals surface area contributed by atoms with Gasteiger partial charge in [-0.05, 0) is 69.2 Å². The molecule has 2 heterocycles. The van der Waals surface area contributed by atoms with Crippen LogP contribution < -0.4 is 10.9 Å². The molecule has 0 fully saturated rings. The molecule has 0 spiro atoms. The van der Waals surface area contributed by atoms with Crippen molar-refractivity contribution in [1.82, 2.24) is 19.6 Å². The summed E-state index contributed by atoms with van der Waals surface area (Å²) >= 11 is 0. The second kappa shape index (κ2) is 13.0. The van der Waals surface area contributed by atoms with Crippen LogP contribution in [0.2, 0.25) is 0 Å². The van der Waals surface area contributed by atoms with E-state index < -0.39 is 13.4 Å². The highest BCUT2D eigenvalue weighted by Crippen LogP contribution is 2.62. The maximum Gasteiger partial charge on any atom is 0.357 e. The lowest BCUT2D eigenvalue weighted by Gasteiger charge is -2.29. The van der Waals surface area contributed by atoms with E-state index in [2.05, 4.69) is 15.6 Å². The van der Waals surface area contributed by atoms with Crippen LogP contribution in [0, 0.1) is 13.8 Å². The Labute approximate surface area is 250 Å². The molecule has 0 amide bonds. The van der Waals surface area contributed by atoms with E-state index in [0.717, 1.165) is 27.6 Å². The van der Waals surface area contributed by atoms with E-state index in [1.807, 2.05) is 62.4 Å². The van der Waals surface area contributed by atoms with E-state index >= 15 is 0 Å². The highest BCUT2D eigenvalue weighted by Gasteiger charge is 2.39. The standard InChI is InChI=1S/C32H36N5O5P/c1-5-41-43(40,42-6-2)32(33-25-14-11-22(3)12-15-25)28-18-24(13-16-30(28)38)19-36-20-26(34-35-36)21-37-29-10-8-7-9-27(29)23(4)17-31(37)39/h7-18,20,32-33,38H,5-6,19,21H2,1-4H3. The van der Waals surface area contributed by atoms with Gasteiger partial charge in [0.25, 0.3) is 5.56 Å². The Morgan fingerprint density at radius 1 is 0.953 bits per heavy atom. The summed E-state index contributed by atoms with van der Waals surface area (Å²) < 4.78 is 28.8. The molecule has 0 saturated heterocycles. The van der Waals surface area contributed by atoms with Gasteiger partial charge in [0.1, 0.15) is 11.4 Å². The Hall–Kier alpha value is -4.24. The SMILES string of the molecule is CCOP(=O)(OCC)C(Nc1ccc(C)cc1)c1cc(Cn2cc(Cn3c(=O)cc(C)c4ccccc43)nn2)ccc1O. The quantitative estimate of drug-likeness (QED) is 0.158. The van der Waals surface area contributed by atoms with Crippen molar-refractivity contribution in [3.8, 4) is 5.75 Å². The molecule has 10 nitrogen and oxygen atoms in total. The van der Waals surface area contributed by atoms with Gasteiger partial charge in [-0.1, -0.05) is 47.2 Å². The van der Waals surface area contributed by atoms with Gasteiger partial charge >= 0.3 is 7.60 Å². The number of fused-ring (bicyclic) bond motifs is 1.